The fourth-order valence-electron chi connectivity index (χ4n) is 1.68. The number of pyridine rings is 1. The summed E-state index contributed by atoms with van der Waals surface area (Å²) in [6.07, 6.45) is 2.51. The van der Waals surface area contributed by atoms with Crippen molar-refractivity contribution >= 4 is 11.6 Å². The topological polar surface area (TPSA) is 54.0 Å². The maximum atomic E-state index is 11.6. The van der Waals surface area contributed by atoms with Crippen LogP contribution in [0, 0.1) is 0 Å². The molecule has 1 amide bonds. The largest absolute Gasteiger partial charge is 0.376 e. The van der Waals surface area contributed by atoms with Gasteiger partial charge in [-0.05, 0) is 24.3 Å². The molecule has 19 heavy (non-hydrogen) atoms. The van der Waals surface area contributed by atoms with Gasteiger partial charge in [-0.25, -0.2) is 0 Å². The van der Waals surface area contributed by atoms with Gasteiger partial charge in [-0.1, -0.05) is 24.3 Å². The Hall–Kier alpha value is -2.36. The number of para-hydroxylation sites is 1. The number of benzene rings is 1. The standard InChI is InChI=1S/C15H17N3O/c19-15(12-18-13-6-2-1-3-7-13)17-11-9-14-8-4-5-10-16-14/h1-8,10,18H,9,11-12H2,(H,17,19). The summed E-state index contributed by atoms with van der Waals surface area (Å²) in [6, 6.07) is 15.4. The summed E-state index contributed by atoms with van der Waals surface area (Å²) in [7, 11) is 0. The van der Waals surface area contributed by atoms with Gasteiger partial charge in [0, 0.05) is 30.5 Å². The number of rotatable bonds is 6. The summed E-state index contributed by atoms with van der Waals surface area (Å²) in [5, 5.41) is 5.93. The number of amides is 1. The lowest BCUT2D eigenvalue weighted by Crippen LogP contribution is -2.31. The molecular formula is C15H17N3O. The van der Waals surface area contributed by atoms with Gasteiger partial charge in [-0.2, -0.15) is 0 Å². The van der Waals surface area contributed by atoms with Crippen molar-refractivity contribution in [3.63, 3.8) is 0 Å². The van der Waals surface area contributed by atoms with Gasteiger partial charge in [0.05, 0.1) is 6.54 Å². The summed E-state index contributed by atoms with van der Waals surface area (Å²) in [5.41, 5.74) is 1.93. The minimum Gasteiger partial charge on any atom is -0.376 e. The molecule has 0 aliphatic heterocycles. The monoisotopic (exact) mass is 255 g/mol. The van der Waals surface area contributed by atoms with E-state index in [0.717, 1.165) is 17.8 Å². The highest BCUT2D eigenvalue weighted by molar-refractivity contribution is 5.80. The first kappa shape index (κ1) is 13.1. The number of anilines is 1. The third-order valence-electron chi connectivity index (χ3n) is 2.66. The van der Waals surface area contributed by atoms with E-state index in [-0.39, 0.29) is 12.5 Å². The number of carbonyl (C=O) groups is 1. The Morgan fingerprint density at radius 3 is 2.58 bits per heavy atom. The first-order valence-corrected chi connectivity index (χ1v) is 6.30. The highest BCUT2D eigenvalue weighted by atomic mass is 16.1. The number of nitrogens with one attached hydrogen (secondary N) is 2. The van der Waals surface area contributed by atoms with E-state index in [2.05, 4.69) is 15.6 Å². The normalized spacial score (nSPS) is 9.89. The highest BCUT2D eigenvalue weighted by Crippen LogP contribution is 2.03. The third kappa shape index (κ3) is 4.79. The fourth-order valence-corrected chi connectivity index (χ4v) is 1.68. The molecule has 1 heterocycles. The second-order valence-electron chi connectivity index (χ2n) is 4.14. The van der Waals surface area contributed by atoms with E-state index in [1.54, 1.807) is 6.20 Å². The number of aromatic nitrogens is 1. The van der Waals surface area contributed by atoms with Crippen molar-refractivity contribution in [1.29, 1.82) is 0 Å². The molecule has 0 radical (unpaired) electrons. The molecule has 0 saturated carbocycles. The molecule has 4 nitrogen and oxygen atoms in total. The zero-order valence-electron chi connectivity index (χ0n) is 10.7. The van der Waals surface area contributed by atoms with Crippen LogP contribution in [-0.2, 0) is 11.2 Å². The van der Waals surface area contributed by atoms with Crippen LogP contribution < -0.4 is 10.6 Å². The van der Waals surface area contributed by atoms with Crippen molar-refractivity contribution in [3.05, 3.63) is 60.4 Å². The fraction of sp³-hybridized carbons (Fsp3) is 0.200. The molecule has 2 N–H and O–H groups in total. The Kier molecular flexibility index (Phi) is 4.93. The lowest BCUT2D eigenvalue weighted by atomic mass is 10.3. The Bertz CT molecular complexity index is 499. The molecule has 0 atom stereocenters. The van der Waals surface area contributed by atoms with E-state index in [9.17, 15) is 4.79 Å². The Balaban J connectivity index is 1.65. The van der Waals surface area contributed by atoms with Crippen LogP contribution in [-0.4, -0.2) is 24.0 Å². The predicted molar refractivity (Wildman–Crippen MR) is 75.9 cm³/mol. The SMILES string of the molecule is O=C(CNc1ccccc1)NCCc1ccccn1. The van der Waals surface area contributed by atoms with Crippen LogP contribution in [0.1, 0.15) is 5.69 Å². The third-order valence-corrected chi connectivity index (χ3v) is 2.66. The Morgan fingerprint density at radius 1 is 1.05 bits per heavy atom. The molecule has 1 aromatic heterocycles. The molecule has 2 aromatic rings. The van der Waals surface area contributed by atoms with Crippen molar-refractivity contribution in [1.82, 2.24) is 10.3 Å². The number of carbonyl (C=O) groups excluding carboxylic acids is 1. The zero-order chi connectivity index (χ0) is 13.3. The van der Waals surface area contributed by atoms with Crippen LogP contribution in [0.4, 0.5) is 5.69 Å². The number of hydrogen-bond acceptors (Lipinski definition) is 3. The summed E-state index contributed by atoms with van der Waals surface area (Å²) in [4.78, 5) is 15.8. The zero-order valence-corrected chi connectivity index (χ0v) is 10.7. The molecular weight excluding hydrogens is 238 g/mol. The molecule has 0 fully saturated rings. The second-order valence-corrected chi connectivity index (χ2v) is 4.14. The quantitative estimate of drug-likeness (QED) is 0.828. The maximum absolute atomic E-state index is 11.6. The minimum absolute atomic E-state index is 0.0141. The van der Waals surface area contributed by atoms with Crippen LogP contribution in [0.25, 0.3) is 0 Å². The molecule has 0 aliphatic rings. The van der Waals surface area contributed by atoms with Gasteiger partial charge < -0.3 is 10.6 Å². The van der Waals surface area contributed by atoms with Gasteiger partial charge in [0.15, 0.2) is 0 Å². The molecule has 1 aromatic carbocycles. The van der Waals surface area contributed by atoms with E-state index in [1.165, 1.54) is 0 Å². The van der Waals surface area contributed by atoms with Crippen LogP contribution >= 0.6 is 0 Å². The Morgan fingerprint density at radius 2 is 1.84 bits per heavy atom. The molecule has 0 unspecified atom stereocenters. The summed E-state index contributed by atoms with van der Waals surface area (Å²) < 4.78 is 0. The molecule has 0 aliphatic carbocycles. The highest BCUT2D eigenvalue weighted by Gasteiger charge is 2.00. The van der Waals surface area contributed by atoms with Crippen molar-refractivity contribution in [3.8, 4) is 0 Å². The van der Waals surface area contributed by atoms with Gasteiger partial charge >= 0.3 is 0 Å². The van der Waals surface area contributed by atoms with E-state index in [4.69, 9.17) is 0 Å². The lowest BCUT2D eigenvalue weighted by molar-refractivity contribution is -0.119. The van der Waals surface area contributed by atoms with Gasteiger partial charge in [-0.15, -0.1) is 0 Å². The van der Waals surface area contributed by atoms with Crippen LogP contribution in [0.15, 0.2) is 54.7 Å². The van der Waals surface area contributed by atoms with Crippen molar-refractivity contribution in [2.24, 2.45) is 0 Å². The molecule has 2 rings (SSSR count). The molecule has 4 heteroatoms. The summed E-state index contributed by atoms with van der Waals surface area (Å²) in [6.45, 7) is 0.887. The average Bonchev–Trinajstić information content (AvgIpc) is 2.47. The maximum Gasteiger partial charge on any atom is 0.239 e. The van der Waals surface area contributed by atoms with Crippen LogP contribution in [0.5, 0.6) is 0 Å². The van der Waals surface area contributed by atoms with Crippen LogP contribution in [0.3, 0.4) is 0 Å². The van der Waals surface area contributed by atoms with Gasteiger partial charge in [0.1, 0.15) is 0 Å². The first-order chi connectivity index (χ1) is 9.34. The molecule has 98 valence electrons. The lowest BCUT2D eigenvalue weighted by Gasteiger charge is -2.07. The smallest absolute Gasteiger partial charge is 0.239 e. The van der Waals surface area contributed by atoms with Crippen molar-refractivity contribution in [2.75, 3.05) is 18.4 Å². The minimum atomic E-state index is -0.0141. The second kappa shape index (κ2) is 7.16. The van der Waals surface area contributed by atoms with Gasteiger partial charge in [0.2, 0.25) is 5.91 Å². The molecule has 0 spiro atoms. The summed E-state index contributed by atoms with van der Waals surface area (Å²) >= 11 is 0. The van der Waals surface area contributed by atoms with Gasteiger partial charge in [-0.3, -0.25) is 9.78 Å². The van der Waals surface area contributed by atoms with Crippen molar-refractivity contribution < 1.29 is 4.79 Å². The van der Waals surface area contributed by atoms with Crippen molar-refractivity contribution in [2.45, 2.75) is 6.42 Å². The van der Waals surface area contributed by atoms with E-state index < -0.39 is 0 Å². The van der Waals surface area contributed by atoms with E-state index >= 15 is 0 Å². The number of hydrogen-bond donors (Lipinski definition) is 2. The molecule has 0 bridgehead atoms. The van der Waals surface area contributed by atoms with Crippen LogP contribution in [0.2, 0.25) is 0 Å². The summed E-state index contributed by atoms with van der Waals surface area (Å²) in [5.74, 6) is -0.0141. The number of nitrogens with zero attached hydrogens (tertiary/aromatic N) is 1. The molecule has 0 saturated heterocycles. The Labute approximate surface area is 112 Å². The van der Waals surface area contributed by atoms with Gasteiger partial charge in [0.25, 0.3) is 0 Å². The van der Waals surface area contributed by atoms with E-state index in [0.29, 0.717) is 6.54 Å². The first-order valence-electron chi connectivity index (χ1n) is 6.30. The van der Waals surface area contributed by atoms with E-state index in [1.807, 2.05) is 48.5 Å². The average molecular weight is 255 g/mol. The predicted octanol–water partition coefficient (Wildman–Crippen LogP) is 1.85.